The van der Waals surface area contributed by atoms with Gasteiger partial charge in [-0.2, -0.15) is 0 Å². The molecule has 0 spiro atoms. The topological polar surface area (TPSA) is 12.0 Å². The lowest BCUT2D eigenvalue weighted by atomic mass is 10.0. The van der Waals surface area contributed by atoms with Gasteiger partial charge in [-0.3, -0.25) is 0 Å². The summed E-state index contributed by atoms with van der Waals surface area (Å²) in [5.74, 6) is 0. The van der Waals surface area contributed by atoms with E-state index < -0.39 is 0 Å². The molecule has 3 heteroatoms. The molecule has 0 aliphatic carbocycles. The maximum Gasteiger partial charge on any atom is 0.0465 e. The van der Waals surface area contributed by atoms with Crippen molar-refractivity contribution in [2.45, 2.75) is 32.9 Å². The van der Waals surface area contributed by atoms with E-state index in [1.54, 1.807) is 0 Å². The van der Waals surface area contributed by atoms with Crippen LogP contribution in [0.5, 0.6) is 0 Å². The third-order valence-electron chi connectivity index (χ3n) is 3.47. The second-order valence-electron chi connectivity index (χ2n) is 4.95. The van der Waals surface area contributed by atoms with Crippen LogP contribution >= 0.6 is 23.2 Å². The number of benzene rings is 2. The quantitative estimate of drug-likeness (QED) is 0.764. The molecule has 0 aliphatic heterocycles. The minimum absolute atomic E-state index is 0.308. The van der Waals surface area contributed by atoms with E-state index in [1.165, 1.54) is 11.1 Å². The first-order chi connectivity index (χ1) is 9.61. The van der Waals surface area contributed by atoms with Gasteiger partial charge in [-0.1, -0.05) is 66.0 Å². The van der Waals surface area contributed by atoms with E-state index in [9.17, 15) is 0 Å². The van der Waals surface area contributed by atoms with Gasteiger partial charge in [-0.15, -0.1) is 0 Å². The fourth-order valence-electron chi connectivity index (χ4n) is 2.22. The van der Waals surface area contributed by atoms with Crippen molar-refractivity contribution in [2.75, 3.05) is 0 Å². The highest BCUT2D eigenvalue weighted by molar-refractivity contribution is 6.35. The van der Waals surface area contributed by atoms with Crippen molar-refractivity contribution in [1.29, 1.82) is 0 Å². The molecule has 2 rings (SSSR count). The molecule has 2 aromatic rings. The average molecular weight is 308 g/mol. The molecule has 0 aromatic heterocycles. The average Bonchev–Trinajstić information content (AvgIpc) is 2.44. The SMILES string of the molecule is CCC(NCc1c(Cl)cccc1Cl)c1ccc(C)cc1. The zero-order valence-electron chi connectivity index (χ0n) is 11.8. The highest BCUT2D eigenvalue weighted by Crippen LogP contribution is 2.25. The first-order valence-electron chi connectivity index (χ1n) is 6.84. The number of aryl methyl sites for hydroxylation is 1. The monoisotopic (exact) mass is 307 g/mol. The Morgan fingerprint density at radius 3 is 2.15 bits per heavy atom. The van der Waals surface area contributed by atoms with Gasteiger partial charge in [-0.25, -0.2) is 0 Å². The number of hydrogen-bond donors (Lipinski definition) is 1. The van der Waals surface area contributed by atoms with Crippen LogP contribution in [-0.4, -0.2) is 0 Å². The zero-order valence-corrected chi connectivity index (χ0v) is 13.3. The summed E-state index contributed by atoms with van der Waals surface area (Å²) in [4.78, 5) is 0. The Bertz CT molecular complexity index is 543. The smallest absolute Gasteiger partial charge is 0.0465 e. The molecule has 0 aliphatic rings. The maximum atomic E-state index is 6.20. The van der Waals surface area contributed by atoms with Crippen LogP contribution in [0.3, 0.4) is 0 Å². The highest BCUT2D eigenvalue weighted by Gasteiger charge is 2.11. The third-order valence-corrected chi connectivity index (χ3v) is 4.18. The maximum absolute atomic E-state index is 6.20. The molecule has 1 unspecified atom stereocenters. The Balaban J connectivity index is 2.09. The Hall–Kier alpha value is -1.02. The molecule has 1 atom stereocenters. The first kappa shape index (κ1) is 15.4. The Kier molecular flexibility index (Phi) is 5.47. The van der Waals surface area contributed by atoms with Crippen molar-refractivity contribution < 1.29 is 0 Å². The van der Waals surface area contributed by atoms with Gasteiger partial charge < -0.3 is 5.32 Å². The second-order valence-corrected chi connectivity index (χ2v) is 5.77. The number of hydrogen-bond acceptors (Lipinski definition) is 1. The third kappa shape index (κ3) is 3.76. The summed E-state index contributed by atoms with van der Waals surface area (Å²) in [6.45, 7) is 4.94. The van der Waals surface area contributed by atoms with Gasteiger partial charge in [0, 0.05) is 28.2 Å². The first-order valence-corrected chi connectivity index (χ1v) is 7.60. The van der Waals surface area contributed by atoms with Gasteiger partial charge in [0.2, 0.25) is 0 Å². The molecule has 0 amide bonds. The number of nitrogens with one attached hydrogen (secondary N) is 1. The number of halogens is 2. The molecular weight excluding hydrogens is 289 g/mol. The standard InChI is InChI=1S/C17H19Cl2N/c1-3-17(13-9-7-12(2)8-10-13)20-11-14-15(18)5-4-6-16(14)19/h4-10,17,20H,3,11H2,1-2H3. The summed E-state index contributed by atoms with van der Waals surface area (Å²) in [5.41, 5.74) is 3.53. The summed E-state index contributed by atoms with van der Waals surface area (Å²) in [7, 11) is 0. The van der Waals surface area contributed by atoms with Crippen molar-refractivity contribution in [1.82, 2.24) is 5.32 Å². The van der Waals surface area contributed by atoms with Crippen LogP contribution in [-0.2, 0) is 6.54 Å². The van der Waals surface area contributed by atoms with E-state index in [-0.39, 0.29) is 0 Å². The van der Waals surface area contributed by atoms with Crippen LogP contribution in [0.15, 0.2) is 42.5 Å². The molecule has 2 aromatic carbocycles. The molecule has 106 valence electrons. The molecule has 0 fully saturated rings. The van der Waals surface area contributed by atoms with Crippen LogP contribution in [0.25, 0.3) is 0 Å². The lowest BCUT2D eigenvalue weighted by molar-refractivity contribution is 0.519. The molecule has 0 heterocycles. The summed E-state index contributed by atoms with van der Waals surface area (Å²) < 4.78 is 0. The van der Waals surface area contributed by atoms with Crippen LogP contribution in [0, 0.1) is 6.92 Å². The molecule has 20 heavy (non-hydrogen) atoms. The molecule has 0 radical (unpaired) electrons. The zero-order chi connectivity index (χ0) is 14.5. The van der Waals surface area contributed by atoms with Gasteiger partial charge in [0.25, 0.3) is 0 Å². The molecule has 0 bridgehead atoms. The number of rotatable bonds is 5. The van der Waals surface area contributed by atoms with Gasteiger partial charge in [0.1, 0.15) is 0 Å². The summed E-state index contributed by atoms with van der Waals surface area (Å²) in [6.07, 6.45) is 1.02. The Labute approximate surface area is 130 Å². The summed E-state index contributed by atoms with van der Waals surface area (Å²) >= 11 is 12.4. The van der Waals surface area contributed by atoms with Gasteiger partial charge >= 0.3 is 0 Å². The van der Waals surface area contributed by atoms with Crippen LogP contribution in [0.1, 0.15) is 36.1 Å². The predicted octanol–water partition coefficient (Wildman–Crippen LogP) is 5.54. The Morgan fingerprint density at radius 2 is 1.60 bits per heavy atom. The van der Waals surface area contributed by atoms with E-state index >= 15 is 0 Å². The largest absolute Gasteiger partial charge is 0.306 e. The fourth-order valence-corrected chi connectivity index (χ4v) is 2.75. The minimum atomic E-state index is 0.308. The highest BCUT2D eigenvalue weighted by atomic mass is 35.5. The van der Waals surface area contributed by atoms with Crippen LogP contribution in [0.4, 0.5) is 0 Å². The lowest BCUT2D eigenvalue weighted by Crippen LogP contribution is -2.20. The molecular formula is C17H19Cl2N. The summed E-state index contributed by atoms with van der Waals surface area (Å²) in [6, 6.07) is 14.5. The fraction of sp³-hybridized carbons (Fsp3) is 0.294. The van der Waals surface area contributed by atoms with Gasteiger partial charge in [0.15, 0.2) is 0 Å². The van der Waals surface area contributed by atoms with Crippen molar-refractivity contribution in [3.05, 3.63) is 69.2 Å². The second kappa shape index (κ2) is 7.12. The van der Waals surface area contributed by atoms with Crippen LogP contribution < -0.4 is 5.32 Å². The van der Waals surface area contributed by atoms with Crippen molar-refractivity contribution in [3.8, 4) is 0 Å². The normalized spacial score (nSPS) is 12.4. The predicted molar refractivity (Wildman–Crippen MR) is 87.5 cm³/mol. The molecule has 0 saturated carbocycles. The van der Waals surface area contributed by atoms with E-state index in [0.717, 1.165) is 12.0 Å². The van der Waals surface area contributed by atoms with Crippen molar-refractivity contribution in [2.24, 2.45) is 0 Å². The molecule has 1 N–H and O–H groups in total. The Morgan fingerprint density at radius 1 is 1.00 bits per heavy atom. The van der Waals surface area contributed by atoms with Crippen molar-refractivity contribution in [3.63, 3.8) is 0 Å². The minimum Gasteiger partial charge on any atom is -0.306 e. The van der Waals surface area contributed by atoms with Crippen LogP contribution in [0.2, 0.25) is 10.0 Å². The van der Waals surface area contributed by atoms with E-state index in [1.807, 2.05) is 18.2 Å². The van der Waals surface area contributed by atoms with E-state index in [4.69, 9.17) is 23.2 Å². The lowest BCUT2D eigenvalue weighted by Gasteiger charge is -2.18. The van der Waals surface area contributed by atoms with Gasteiger partial charge in [-0.05, 0) is 31.0 Å². The van der Waals surface area contributed by atoms with E-state index in [0.29, 0.717) is 22.6 Å². The summed E-state index contributed by atoms with van der Waals surface area (Å²) in [5, 5.41) is 4.96. The van der Waals surface area contributed by atoms with Gasteiger partial charge in [0.05, 0.1) is 0 Å². The van der Waals surface area contributed by atoms with E-state index in [2.05, 4.69) is 43.4 Å². The van der Waals surface area contributed by atoms with Crippen molar-refractivity contribution >= 4 is 23.2 Å². The molecule has 1 nitrogen and oxygen atoms in total. The molecule has 0 saturated heterocycles.